The van der Waals surface area contributed by atoms with Crippen LogP contribution in [0.5, 0.6) is 5.75 Å². The SMILES string of the molecule is CC1(C)Oc2ccc(N)nc2N(CC(=O)Nc2ccccc2F)C1=O. The number of para-hydroxylation sites is 1. The number of nitrogens with zero attached hydrogens (tertiary/aromatic N) is 2. The first kappa shape index (κ1) is 16.7. The Hall–Kier alpha value is -3.16. The molecule has 1 aromatic carbocycles. The Balaban J connectivity index is 1.88. The lowest BCUT2D eigenvalue weighted by Crippen LogP contribution is -2.54. The fourth-order valence-corrected chi connectivity index (χ4v) is 2.51. The molecule has 1 aliphatic rings. The molecule has 25 heavy (non-hydrogen) atoms. The number of pyridine rings is 1. The van der Waals surface area contributed by atoms with Crippen molar-refractivity contribution in [2.24, 2.45) is 0 Å². The van der Waals surface area contributed by atoms with Crippen molar-refractivity contribution in [1.29, 1.82) is 0 Å². The third kappa shape index (κ3) is 3.23. The molecule has 0 bridgehead atoms. The number of benzene rings is 1. The van der Waals surface area contributed by atoms with E-state index in [-0.39, 0.29) is 23.9 Å². The fraction of sp³-hybridized carbons (Fsp3) is 0.235. The molecule has 0 saturated heterocycles. The molecule has 2 amide bonds. The molecule has 2 heterocycles. The smallest absolute Gasteiger partial charge is 0.272 e. The molecule has 130 valence electrons. The molecule has 8 heteroatoms. The van der Waals surface area contributed by atoms with Crippen molar-refractivity contribution in [2.75, 3.05) is 22.5 Å². The highest BCUT2D eigenvalue weighted by atomic mass is 19.1. The van der Waals surface area contributed by atoms with E-state index < -0.39 is 23.2 Å². The maximum atomic E-state index is 13.7. The number of amides is 2. The van der Waals surface area contributed by atoms with Crippen molar-refractivity contribution >= 4 is 29.1 Å². The zero-order chi connectivity index (χ0) is 18.2. The van der Waals surface area contributed by atoms with Crippen LogP contribution in [0.3, 0.4) is 0 Å². The lowest BCUT2D eigenvalue weighted by atomic mass is 10.1. The van der Waals surface area contributed by atoms with Crippen LogP contribution in [0.15, 0.2) is 36.4 Å². The molecular weight excluding hydrogens is 327 g/mol. The lowest BCUT2D eigenvalue weighted by molar-refractivity contribution is -0.133. The number of rotatable bonds is 3. The van der Waals surface area contributed by atoms with Crippen LogP contribution in [0.4, 0.5) is 21.7 Å². The number of anilines is 3. The van der Waals surface area contributed by atoms with E-state index in [0.717, 1.165) is 0 Å². The summed E-state index contributed by atoms with van der Waals surface area (Å²) < 4.78 is 19.3. The molecule has 7 nitrogen and oxygen atoms in total. The van der Waals surface area contributed by atoms with Crippen molar-refractivity contribution in [3.63, 3.8) is 0 Å². The minimum atomic E-state index is -1.16. The van der Waals surface area contributed by atoms with Gasteiger partial charge in [0.15, 0.2) is 17.2 Å². The molecule has 0 saturated carbocycles. The average Bonchev–Trinajstić information content (AvgIpc) is 2.55. The molecule has 3 N–H and O–H groups in total. The van der Waals surface area contributed by atoms with Crippen molar-refractivity contribution in [3.8, 4) is 5.75 Å². The van der Waals surface area contributed by atoms with Gasteiger partial charge in [0.25, 0.3) is 5.91 Å². The second kappa shape index (κ2) is 6.04. The third-order valence-corrected chi connectivity index (χ3v) is 3.69. The van der Waals surface area contributed by atoms with E-state index in [0.29, 0.717) is 5.75 Å². The Kier molecular flexibility index (Phi) is 4.03. The van der Waals surface area contributed by atoms with E-state index in [1.807, 2.05) is 0 Å². The van der Waals surface area contributed by atoms with Crippen LogP contribution in [0.1, 0.15) is 13.8 Å². The second-order valence-corrected chi connectivity index (χ2v) is 6.09. The van der Waals surface area contributed by atoms with Gasteiger partial charge in [0.2, 0.25) is 5.91 Å². The van der Waals surface area contributed by atoms with Crippen molar-refractivity contribution in [1.82, 2.24) is 4.98 Å². The Bertz CT molecular complexity index is 854. The number of nitrogens with one attached hydrogen (secondary N) is 1. The second-order valence-electron chi connectivity index (χ2n) is 6.09. The van der Waals surface area contributed by atoms with Gasteiger partial charge in [-0.15, -0.1) is 0 Å². The topological polar surface area (TPSA) is 97.6 Å². The summed E-state index contributed by atoms with van der Waals surface area (Å²) in [5.74, 6) is -0.875. The first-order valence-corrected chi connectivity index (χ1v) is 7.60. The van der Waals surface area contributed by atoms with Crippen LogP contribution in [0.2, 0.25) is 0 Å². The minimum absolute atomic E-state index is 0.0354. The van der Waals surface area contributed by atoms with Crippen LogP contribution in [0, 0.1) is 5.82 Å². The lowest BCUT2D eigenvalue weighted by Gasteiger charge is -2.37. The van der Waals surface area contributed by atoms with Crippen molar-refractivity contribution < 1.29 is 18.7 Å². The third-order valence-electron chi connectivity index (χ3n) is 3.69. The zero-order valence-electron chi connectivity index (χ0n) is 13.7. The largest absolute Gasteiger partial charge is 0.474 e. The molecule has 2 aromatic rings. The number of hydrogen-bond acceptors (Lipinski definition) is 5. The van der Waals surface area contributed by atoms with Gasteiger partial charge in [-0.1, -0.05) is 12.1 Å². The summed E-state index contributed by atoms with van der Waals surface area (Å²) in [6, 6.07) is 8.91. The van der Waals surface area contributed by atoms with Crippen LogP contribution >= 0.6 is 0 Å². The van der Waals surface area contributed by atoms with Crippen LogP contribution in [-0.4, -0.2) is 28.9 Å². The molecule has 0 fully saturated rings. The van der Waals surface area contributed by atoms with Gasteiger partial charge >= 0.3 is 0 Å². The van der Waals surface area contributed by atoms with E-state index >= 15 is 0 Å². The normalized spacial score (nSPS) is 15.3. The minimum Gasteiger partial charge on any atom is -0.474 e. The Morgan fingerprint density at radius 3 is 2.76 bits per heavy atom. The highest BCUT2D eigenvalue weighted by Crippen LogP contribution is 2.36. The number of nitrogen functional groups attached to an aromatic ring is 1. The van der Waals surface area contributed by atoms with Crippen molar-refractivity contribution in [3.05, 3.63) is 42.2 Å². The van der Waals surface area contributed by atoms with Gasteiger partial charge in [0.05, 0.1) is 5.69 Å². The summed E-state index contributed by atoms with van der Waals surface area (Å²) in [6.07, 6.45) is 0. The van der Waals surface area contributed by atoms with Gasteiger partial charge in [-0.05, 0) is 38.1 Å². The monoisotopic (exact) mass is 344 g/mol. The zero-order valence-corrected chi connectivity index (χ0v) is 13.7. The summed E-state index contributed by atoms with van der Waals surface area (Å²) in [5.41, 5.74) is 4.55. The number of carbonyl (C=O) groups excluding carboxylic acids is 2. The molecule has 0 aliphatic carbocycles. The first-order valence-electron chi connectivity index (χ1n) is 7.60. The Labute approximate surface area is 143 Å². The predicted molar refractivity (Wildman–Crippen MR) is 90.7 cm³/mol. The molecular formula is C17H17FN4O3. The average molecular weight is 344 g/mol. The van der Waals surface area contributed by atoms with Gasteiger partial charge in [-0.2, -0.15) is 0 Å². The number of nitrogens with two attached hydrogens (primary N) is 1. The summed E-state index contributed by atoms with van der Waals surface area (Å²) in [4.78, 5) is 30.2. The van der Waals surface area contributed by atoms with Gasteiger partial charge in [-0.3, -0.25) is 14.5 Å². The maximum absolute atomic E-state index is 13.7. The van der Waals surface area contributed by atoms with Crippen LogP contribution in [0.25, 0.3) is 0 Å². The summed E-state index contributed by atoms with van der Waals surface area (Å²) in [5, 5.41) is 2.44. The highest BCUT2D eigenvalue weighted by molar-refractivity contribution is 6.07. The Morgan fingerprint density at radius 2 is 2.04 bits per heavy atom. The number of carbonyl (C=O) groups is 2. The van der Waals surface area contributed by atoms with Crippen LogP contribution < -0.4 is 20.7 Å². The van der Waals surface area contributed by atoms with Gasteiger partial charge in [0.1, 0.15) is 18.2 Å². The number of aromatic nitrogens is 1. The molecule has 0 unspecified atom stereocenters. The molecule has 1 aromatic heterocycles. The maximum Gasteiger partial charge on any atom is 0.272 e. The summed E-state index contributed by atoms with van der Waals surface area (Å²) >= 11 is 0. The van der Waals surface area contributed by atoms with E-state index in [9.17, 15) is 14.0 Å². The summed E-state index contributed by atoms with van der Waals surface area (Å²) in [6.45, 7) is 2.84. The molecule has 0 spiro atoms. The van der Waals surface area contributed by atoms with Gasteiger partial charge in [-0.25, -0.2) is 9.37 Å². The molecule has 0 radical (unpaired) electrons. The van der Waals surface area contributed by atoms with Crippen LogP contribution in [-0.2, 0) is 9.59 Å². The molecule has 0 atom stereocenters. The van der Waals surface area contributed by atoms with E-state index in [1.165, 1.54) is 23.1 Å². The van der Waals surface area contributed by atoms with E-state index in [1.54, 1.807) is 32.0 Å². The number of halogens is 1. The van der Waals surface area contributed by atoms with Gasteiger partial charge < -0.3 is 15.8 Å². The number of ether oxygens (including phenoxy) is 1. The standard InChI is InChI=1S/C17H17FN4O3/c1-17(2)16(24)22(15-12(25-17)7-8-13(19)21-15)9-14(23)20-11-6-4-3-5-10(11)18/h3-8H,9H2,1-2H3,(H2,19,21)(H,20,23). The van der Waals surface area contributed by atoms with Crippen molar-refractivity contribution in [2.45, 2.75) is 19.4 Å². The summed E-state index contributed by atoms with van der Waals surface area (Å²) in [7, 11) is 0. The number of fused-ring (bicyclic) bond motifs is 1. The fourth-order valence-electron chi connectivity index (χ4n) is 2.51. The Morgan fingerprint density at radius 1 is 1.32 bits per heavy atom. The predicted octanol–water partition coefficient (Wildman–Crippen LogP) is 1.95. The van der Waals surface area contributed by atoms with E-state index in [4.69, 9.17) is 10.5 Å². The molecule has 1 aliphatic heterocycles. The molecule has 3 rings (SSSR count). The highest BCUT2D eigenvalue weighted by Gasteiger charge is 2.42. The van der Waals surface area contributed by atoms with E-state index in [2.05, 4.69) is 10.3 Å². The van der Waals surface area contributed by atoms with Gasteiger partial charge in [0, 0.05) is 0 Å². The first-order chi connectivity index (χ1) is 11.8. The number of hydrogen-bond donors (Lipinski definition) is 2. The quantitative estimate of drug-likeness (QED) is 0.887.